The average Bonchev–Trinajstić information content (AvgIpc) is 3.32. The molecule has 6 heteroatoms. The minimum atomic E-state index is 0.0300. The van der Waals surface area contributed by atoms with Gasteiger partial charge in [-0.3, -0.25) is 9.48 Å². The SMILES string of the molecule is Cc1nn(C)c(N(C)C)c1CNCc1cccc(C(=O)NC2CC2)c1. The fourth-order valence-electron chi connectivity index (χ4n) is 3.11. The van der Waals surface area contributed by atoms with E-state index in [1.165, 1.54) is 5.56 Å². The van der Waals surface area contributed by atoms with Crippen molar-refractivity contribution in [1.29, 1.82) is 0 Å². The van der Waals surface area contributed by atoms with Crippen LogP contribution >= 0.6 is 0 Å². The lowest BCUT2D eigenvalue weighted by Crippen LogP contribution is -2.25. The van der Waals surface area contributed by atoms with Crippen molar-refractivity contribution in [3.63, 3.8) is 0 Å². The van der Waals surface area contributed by atoms with Gasteiger partial charge in [0.05, 0.1) is 5.69 Å². The second kappa shape index (κ2) is 7.27. The third kappa shape index (κ3) is 4.20. The fraction of sp³-hybridized carbons (Fsp3) is 0.474. The minimum Gasteiger partial charge on any atom is -0.363 e. The highest BCUT2D eigenvalue weighted by atomic mass is 16.1. The summed E-state index contributed by atoms with van der Waals surface area (Å²) in [7, 11) is 6.03. The summed E-state index contributed by atoms with van der Waals surface area (Å²) in [5.74, 6) is 1.14. The molecule has 1 heterocycles. The summed E-state index contributed by atoms with van der Waals surface area (Å²) in [5.41, 5.74) is 4.08. The number of aryl methyl sites for hydroxylation is 2. The molecule has 1 amide bonds. The molecule has 0 spiro atoms. The zero-order valence-corrected chi connectivity index (χ0v) is 15.5. The topological polar surface area (TPSA) is 62.2 Å². The molecule has 3 rings (SSSR count). The van der Waals surface area contributed by atoms with E-state index in [1.54, 1.807) is 0 Å². The molecule has 0 atom stereocenters. The number of nitrogens with zero attached hydrogens (tertiary/aromatic N) is 3. The quantitative estimate of drug-likeness (QED) is 0.808. The van der Waals surface area contributed by atoms with Crippen LogP contribution in [0.1, 0.15) is 40.0 Å². The molecule has 2 N–H and O–H groups in total. The van der Waals surface area contributed by atoms with Gasteiger partial charge in [0.15, 0.2) is 0 Å². The van der Waals surface area contributed by atoms with E-state index >= 15 is 0 Å². The monoisotopic (exact) mass is 341 g/mol. The molecule has 1 aromatic heterocycles. The van der Waals surface area contributed by atoms with Gasteiger partial charge in [0.2, 0.25) is 0 Å². The maximum absolute atomic E-state index is 12.2. The molecular weight excluding hydrogens is 314 g/mol. The number of amides is 1. The van der Waals surface area contributed by atoms with Gasteiger partial charge in [-0.1, -0.05) is 12.1 Å². The second-order valence-corrected chi connectivity index (χ2v) is 6.96. The molecule has 1 fully saturated rings. The van der Waals surface area contributed by atoms with E-state index in [2.05, 4.69) is 20.6 Å². The van der Waals surface area contributed by atoms with Gasteiger partial charge in [-0.2, -0.15) is 5.10 Å². The van der Waals surface area contributed by atoms with Crippen LogP contribution in [0, 0.1) is 6.92 Å². The first-order valence-electron chi connectivity index (χ1n) is 8.76. The van der Waals surface area contributed by atoms with Crippen molar-refractivity contribution in [2.75, 3.05) is 19.0 Å². The first-order valence-corrected chi connectivity index (χ1v) is 8.76. The predicted octanol–water partition coefficient (Wildman–Crippen LogP) is 1.98. The molecule has 2 aromatic rings. The highest BCUT2D eigenvalue weighted by molar-refractivity contribution is 5.94. The zero-order chi connectivity index (χ0) is 18.0. The van der Waals surface area contributed by atoms with Crippen molar-refractivity contribution in [2.45, 2.75) is 38.9 Å². The van der Waals surface area contributed by atoms with E-state index in [4.69, 9.17) is 0 Å². The molecule has 0 aliphatic heterocycles. The first kappa shape index (κ1) is 17.5. The van der Waals surface area contributed by atoms with Crippen molar-refractivity contribution in [2.24, 2.45) is 7.05 Å². The summed E-state index contributed by atoms with van der Waals surface area (Å²) >= 11 is 0. The van der Waals surface area contributed by atoms with Gasteiger partial charge in [0.1, 0.15) is 5.82 Å². The number of aromatic nitrogens is 2. The highest BCUT2D eigenvalue weighted by Crippen LogP contribution is 2.21. The van der Waals surface area contributed by atoms with E-state index in [0.717, 1.165) is 42.0 Å². The second-order valence-electron chi connectivity index (χ2n) is 6.96. The van der Waals surface area contributed by atoms with Crippen molar-refractivity contribution in [3.8, 4) is 0 Å². The maximum atomic E-state index is 12.2. The van der Waals surface area contributed by atoms with Crippen LogP contribution in [0.25, 0.3) is 0 Å². The smallest absolute Gasteiger partial charge is 0.251 e. The lowest BCUT2D eigenvalue weighted by atomic mass is 10.1. The Morgan fingerprint density at radius 2 is 2.08 bits per heavy atom. The van der Waals surface area contributed by atoms with Crippen molar-refractivity contribution in [3.05, 3.63) is 46.6 Å². The number of nitrogens with one attached hydrogen (secondary N) is 2. The molecule has 6 nitrogen and oxygen atoms in total. The number of carbonyl (C=O) groups is 1. The Bertz CT molecular complexity index is 761. The number of hydrogen-bond donors (Lipinski definition) is 2. The number of hydrogen-bond acceptors (Lipinski definition) is 4. The zero-order valence-electron chi connectivity index (χ0n) is 15.5. The lowest BCUT2D eigenvalue weighted by Gasteiger charge is -2.15. The predicted molar refractivity (Wildman–Crippen MR) is 99.7 cm³/mol. The molecule has 1 aliphatic carbocycles. The van der Waals surface area contributed by atoms with Gasteiger partial charge in [-0.25, -0.2) is 0 Å². The van der Waals surface area contributed by atoms with Gasteiger partial charge >= 0.3 is 0 Å². The summed E-state index contributed by atoms with van der Waals surface area (Å²) < 4.78 is 1.91. The van der Waals surface area contributed by atoms with Crippen molar-refractivity contribution in [1.82, 2.24) is 20.4 Å². The summed E-state index contributed by atoms with van der Waals surface area (Å²) in [6.07, 6.45) is 2.21. The molecule has 1 aliphatic rings. The fourth-order valence-corrected chi connectivity index (χ4v) is 3.11. The van der Waals surface area contributed by atoms with Gasteiger partial charge in [0.25, 0.3) is 5.91 Å². The highest BCUT2D eigenvalue weighted by Gasteiger charge is 2.23. The molecule has 134 valence electrons. The third-order valence-electron chi connectivity index (χ3n) is 4.47. The van der Waals surface area contributed by atoms with Crippen molar-refractivity contribution >= 4 is 11.7 Å². The number of rotatable bonds is 7. The molecule has 0 bridgehead atoms. The average molecular weight is 341 g/mol. The lowest BCUT2D eigenvalue weighted by molar-refractivity contribution is 0.0951. The van der Waals surface area contributed by atoms with E-state index in [-0.39, 0.29) is 5.91 Å². The van der Waals surface area contributed by atoms with Crippen LogP contribution in [0.15, 0.2) is 24.3 Å². The largest absolute Gasteiger partial charge is 0.363 e. The van der Waals surface area contributed by atoms with Crippen LogP contribution in [0.2, 0.25) is 0 Å². The standard InChI is InChI=1S/C19H27N5O/c1-13-17(19(23(2)3)24(4)22-13)12-20-11-14-6-5-7-15(10-14)18(25)21-16-8-9-16/h5-7,10,16,20H,8-9,11-12H2,1-4H3,(H,21,25). The van der Waals surface area contributed by atoms with Gasteiger partial charge in [-0.05, 0) is 37.5 Å². The van der Waals surface area contributed by atoms with E-state index in [0.29, 0.717) is 12.6 Å². The molecule has 0 radical (unpaired) electrons. The van der Waals surface area contributed by atoms with Crippen LogP contribution in [0.5, 0.6) is 0 Å². The van der Waals surface area contributed by atoms with E-state index < -0.39 is 0 Å². The number of benzene rings is 1. The molecule has 0 unspecified atom stereocenters. The molecule has 1 saturated carbocycles. The Hall–Kier alpha value is -2.34. The Morgan fingerprint density at radius 1 is 1.32 bits per heavy atom. The molecule has 25 heavy (non-hydrogen) atoms. The molecular formula is C19H27N5O. The van der Waals surface area contributed by atoms with Gasteiger partial charge in [0, 0.05) is 51.4 Å². The Kier molecular flexibility index (Phi) is 5.08. The van der Waals surface area contributed by atoms with E-state index in [1.807, 2.05) is 57.0 Å². The van der Waals surface area contributed by atoms with Crippen LogP contribution in [-0.2, 0) is 20.1 Å². The summed E-state index contributed by atoms with van der Waals surface area (Å²) in [5, 5.41) is 11.0. The van der Waals surface area contributed by atoms with Crippen LogP contribution in [-0.4, -0.2) is 35.8 Å². The normalized spacial score (nSPS) is 13.8. The Labute approximate surface area is 149 Å². The summed E-state index contributed by atoms with van der Waals surface area (Å²) in [6, 6.07) is 8.21. The summed E-state index contributed by atoms with van der Waals surface area (Å²) in [6.45, 7) is 3.49. The third-order valence-corrected chi connectivity index (χ3v) is 4.47. The van der Waals surface area contributed by atoms with Crippen LogP contribution < -0.4 is 15.5 Å². The van der Waals surface area contributed by atoms with Crippen LogP contribution in [0.4, 0.5) is 5.82 Å². The van der Waals surface area contributed by atoms with Gasteiger partial charge in [-0.15, -0.1) is 0 Å². The summed E-state index contributed by atoms with van der Waals surface area (Å²) in [4.78, 5) is 14.2. The Morgan fingerprint density at radius 3 is 2.76 bits per heavy atom. The molecule has 1 aromatic carbocycles. The first-order chi connectivity index (χ1) is 12.0. The van der Waals surface area contributed by atoms with Crippen LogP contribution in [0.3, 0.4) is 0 Å². The Balaban J connectivity index is 1.62. The van der Waals surface area contributed by atoms with E-state index in [9.17, 15) is 4.79 Å². The maximum Gasteiger partial charge on any atom is 0.251 e. The minimum absolute atomic E-state index is 0.0300. The number of carbonyl (C=O) groups excluding carboxylic acids is 1. The number of anilines is 1. The van der Waals surface area contributed by atoms with Crippen molar-refractivity contribution < 1.29 is 4.79 Å². The van der Waals surface area contributed by atoms with Gasteiger partial charge < -0.3 is 15.5 Å². The molecule has 0 saturated heterocycles.